The molecule has 1 amide bonds. The first-order chi connectivity index (χ1) is 12.7. The van der Waals surface area contributed by atoms with Crippen LogP contribution < -0.4 is 5.69 Å². The van der Waals surface area contributed by atoms with E-state index in [-0.39, 0.29) is 17.8 Å². The number of hydrogen-bond donors (Lipinski definition) is 1. The minimum Gasteiger partial charge on any atom is -0.450 e. The van der Waals surface area contributed by atoms with Gasteiger partial charge in [-0.1, -0.05) is 12.1 Å². The summed E-state index contributed by atoms with van der Waals surface area (Å²) < 4.78 is 6.97. The molecular weight excluding hydrogens is 332 g/mol. The third-order valence-corrected chi connectivity index (χ3v) is 5.58. The molecule has 0 radical (unpaired) electrons. The number of benzene rings is 1. The van der Waals surface area contributed by atoms with E-state index in [1.165, 1.54) is 0 Å². The lowest BCUT2D eigenvalue weighted by Crippen LogP contribution is -2.52. The number of nitrogens with zero attached hydrogens (tertiary/aromatic N) is 3. The summed E-state index contributed by atoms with van der Waals surface area (Å²) in [6.45, 7) is 6.71. The van der Waals surface area contributed by atoms with E-state index < -0.39 is 0 Å². The molecule has 7 nitrogen and oxygen atoms in total. The first kappa shape index (κ1) is 17.1. The van der Waals surface area contributed by atoms with Crippen molar-refractivity contribution < 1.29 is 9.53 Å². The minimum absolute atomic E-state index is 0.0152. The summed E-state index contributed by atoms with van der Waals surface area (Å²) >= 11 is 0. The molecule has 2 fully saturated rings. The van der Waals surface area contributed by atoms with Gasteiger partial charge < -0.3 is 14.6 Å². The normalized spacial score (nSPS) is 19.7. The van der Waals surface area contributed by atoms with E-state index in [1.54, 1.807) is 0 Å². The monoisotopic (exact) mass is 358 g/mol. The number of rotatable bonds is 4. The molecule has 2 aliphatic heterocycles. The van der Waals surface area contributed by atoms with Gasteiger partial charge in [0.25, 0.3) is 0 Å². The second kappa shape index (κ2) is 7.15. The Morgan fingerprint density at radius 2 is 1.96 bits per heavy atom. The number of para-hydroxylation sites is 2. The molecule has 1 aromatic heterocycles. The number of carbonyl (C=O) groups is 1. The average molecular weight is 358 g/mol. The Morgan fingerprint density at radius 3 is 2.69 bits per heavy atom. The van der Waals surface area contributed by atoms with Gasteiger partial charge >= 0.3 is 11.8 Å². The molecule has 2 aromatic rings. The molecule has 0 saturated carbocycles. The summed E-state index contributed by atoms with van der Waals surface area (Å²) in [4.78, 5) is 31.2. The molecule has 0 bridgehead atoms. The van der Waals surface area contributed by atoms with Crippen LogP contribution in [-0.4, -0.2) is 64.8 Å². The number of ether oxygens (including phenoxy) is 1. The number of fused-ring (bicyclic) bond motifs is 1. The summed E-state index contributed by atoms with van der Waals surface area (Å²) in [6, 6.07) is 8.11. The van der Waals surface area contributed by atoms with Gasteiger partial charge in [-0.25, -0.2) is 9.59 Å². The molecule has 1 N–H and O–H groups in total. The molecule has 140 valence electrons. The Hall–Kier alpha value is -2.28. The third kappa shape index (κ3) is 3.23. The molecule has 0 spiro atoms. The quantitative estimate of drug-likeness (QED) is 0.908. The first-order valence-corrected chi connectivity index (χ1v) is 9.49. The molecule has 3 heterocycles. The highest BCUT2D eigenvalue weighted by molar-refractivity contribution is 5.75. The predicted molar refractivity (Wildman–Crippen MR) is 99.4 cm³/mol. The second-order valence-corrected chi connectivity index (χ2v) is 7.32. The van der Waals surface area contributed by atoms with Crippen LogP contribution in [0.1, 0.15) is 25.8 Å². The highest BCUT2D eigenvalue weighted by Gasteiger charge is 2.33. The van der Waals surface area contributed by atoms with E-state index in [2.05, 4.69) is 9.88 Å². The number of piperidine rings is 1. The smallest absolute Gasteiger partial charge is 0.409 e. The Balaban J connectivity index is 1.29. The van der Waals surface area contributed by atoms with Crippen LogP contribution in [0.25, 0.3) is 11.0 Å². The summed E-state index contributed by atoms with van der Waals surface area (Å²) in [5.74, 6) is 0.612. The number of aromatic nitrogens is 2. The number of amides is 1. The minimum atomic E-state index is -0.186. The van der Waals surface area contributed by atoms with Gasteiger partial charge in [0.05, 0.1) is 23.7 Å². The number of carbonyl (C=O) groups excluding carboxylic acids is 1. The van der Waals surface area contributed by atoms with E-state index in [0.717, 1.165) is 56.6 Å². The van der Waals surface area contributed by atoms with Crippen LogP contribution >= 0.6 is 0 Å². The topological polar surface area (TPSA) is 70.6 Å². The van der Waals surface area contributed by atoms with Gasteiger partial charge in [0.1, 0.15) is 0 Å². The van der Waals surface area contributed by atoms with Crippen LogP contribution in [0.3, 0.4) is 0 Å². The maximum Gasteiger partial charge on any atom is 0.409 e. The molecule has 26 heavy (non-hydrogen) atoms. The second-order valence-electron chi connectivity index (χ2n) is 7.32. The number of aromatic amines is 1. The predicted octanol–water partition coefficient (Wildman–Crippen LogP) is 2.05. The molecule has 0 unspecified atom stereocenters. The van der Waals surface area contributed by atoms with E-state index in [1.807, 2.05) is 40.7 Å². The van der Waals surface area contributed by atoms with E-state index in [4.69, 9.17) is 4.74 Å². The summed E-state index contributed by atoms with van der Waals surface area (Å²) in [5, 5.41) is 0. The van der Waals surface area contributed by atoms with Crippen molar-refractivity contribution in [1.29, 1.82) is 0 Å². The molecule has 0 atom stereocenters. The van der Waals surface area contributed by atoms with Crippen molar-refractivity contribution in [2.24, 2.45) is 5.92 Å². The van der Waals surface area contributed by atoms with Crippen molar-refractivity contribution in [2.75, 3.05) is 39.3 Å². The van der Waals surface area contributed by atoms with Gasteiger partial charge in [-0.3, -0.25) is 9.47 Å². The zero-order valence-electron chi connectivity index (χ0n) is 15.2. The van der Waals surface area contributed by atoms with Crippen molar-refractivity contribution in [3.05, 3.63) is 34.7 Å². The van der Waals surface area contributed by atoms with Crippen LogP contribution in [0, 0.1) is 5.92 Å². The largest absolute Gasteiger partial charge is 0.450 e. The molecule has 7 heteroatoms. The molecule has 1 aromatic carbocycles. The van der Waals surface area contributed by atoms with Gasteiger partial charge in [0.2, 0.25) is 0 Å². The van der Waals surface area contributed by atoms with E-state index in [9.17, 15) is 9.59 Å². The SMILES string of the molecule is CCOC(=O)N1CCC(CN2CC(n3c(=O)[nH]c4ccccc43)C2)CC1. The third-order valence-electron chi connectivity index (χ3n) is 5.58. The van der Waals surface area contributed by atoms with E-state index in [0.29, 0.717) is 12.5 Å². The van der Waals surface area contributed by atoms with Crippen molar-refractivity contribution in [2.45, 2.75) is 25.8 Å². The van der Waals surface area contributed by atoms with Crippen LogP contribution in [0.5, 0.6) is 0 Å². The van der Waals surface area contributed by atoms with Crippen molar-refractivity contribution in [1.82, 2.24) is 19.4 Å². The molecule has 2 saturated heterocycles. The molecule has 4 rings (SSSR count). The summed E-state index contributed by atoms with van der Waals surface area (Å²) in [5.41, 5.74) is 1.88. The van der Waals surface area contributed by atoms with Crippen molar-refractivity contribution >= 4 is 17.1 Å². The standard InChI is InChI=1S/C19H26N4O3/c1-2-26-19(25)22-9-7-14(8-10-22)11-21-12-15(13-21)23-17-6-4-3-5-16(17)20-18(23)24/h3-6,14-15H,2,7-13H2,1H3,(H,20,24). The van der Waals surface area contributed by atoms with Gasteiger partial charge in [-0.05, 0) is 37.8 Å². The number of nitrogens with one attached hydrogen (secondary N) is 1. The van der Waals surface area contributed by atoms with Gasteiger partial charge in [-0.2, -0.15) is 0 Å². The molecular formula is C19H26N4O3. The zero-order valence-corrected chi connectivity index (χ0v) is 15.2. The lowest BCUT2D eigenvalue weighted by molar-refractivity contribution is 0.0592. The lowest BCUT2D eigenvalue weighted by Gasteiger charge is -2.43. The fourth-order valence-electron chi connectivity index (χ4n) is 4.17. The van der Waals surface area contributed by atoms with Crippen LogP contribution in [0.4, 0.5) is 4.79 Å². The molecule has 0 aliphatic carbocycles. The highest BCUT2D eigenvalue weighted by Crippen LogP contribution is 2.27. The van der Waals surface area contributed by atoms with Gasteiger partial charge in [0.15, 0.2) is 0 Å². The Labute approximate surface area is 152 Å². The average Bonchev–Trinajstić information content (AvgIpc) is 2.94. The van der Waals surface area contributed by atoms with Crippen LogP contribution in [-0.2, 0) is 4.74 Å². The van der Waals surface area contributed by atoms with Crippen molar-refractivity contribution in [3.8, 4) is 0 Å². The van der Waals surface area contributed by atoms with Crippen LogP contribution in [0.2, 0.25) is 0 Å². The lowest BCUT2D eigenvalue weighted by atomic mass is 9.94. The Morgan fingerprint density at radius 1 is 1.23 bits per heavy atom. The number of imidazole rings is 1. The van der Waals surface area contributed by atoms with E-state index >= 15 is 0 Å². The number of H-pyrrole nitrogens is 1. The zero-order chi connectivity index (χ0) is 18.1. The number of hydrogen-bond acceptors (Lipinski definition) is 4. The van der Waals surface area contributed by atoms with Gasteiger partial charge in [0, 0.05) is 32.7 Å². The maximum absolute atomic E-state index is 12.3. The first-order valence-electron chi connectivity index (χ1n) is 9.49. The summed E-state index contributed by atoms with van der Waals surface area (Å²) in [7, 11) is 0. The fraction of sp³-hybridized carbons (Fsp3) is 0.579. The van der Waals surface area contributed by atoms with Crippen molar-refractivity contribution in [3.63, 3.8) is 0 Å². The summed E-state index contributed by atoms with van der Waals surface area (Å²) in [6.07, 6.45) is 1.86. The maximum atomic E-state index is 12.3. The molecule has 2 aliphatic rings. The Kier molecular flexibility index (Phi) is 4.72. The fourth-order valence-corrected chi connectivity index (χ4v) is 4.17. The highest BCUT2D eigenvalue weighted by atomic mass is 16.6. The Bertz CT molecular complexity index is 829. The number of likely N-dealkylation sites (tertiary alicyclic amines) is 2. The van der Waals surface area contributed by atoms with Crippen LogP contribution in [0.15, 0.2) is 29.1 Å². The van der Waals surface area contributed by atoms with Gasteiger partial charge in [-0.15, -0.1) is 0 Å².